The molecule has 0 aliphatic rings. The van der Waals surface area contributed by atoms with Crippen molar-refractivity contribution in [3.63, 3.8) is 0 Å². The number of methoxy groups -OCH3 is 2. The van der Waals surface area contributed by atoms with Crippen molar-refractivity contribution in [2.75, 3.05) is 26.1 Å². The first-order valence-corrected chi connectivity index (χ1v) is 8.28. The smallest absolute Gasteiger partial charge is 0.255 e. The Morgan fingerprint density at radius 3 is 2.28 bits per heavy atom. The Labute approximate surface area is 152 Å². The number of benzene rings is 2. The molecule has 0 saturated heterocycles. The number of ether oxygens (including phenoxy) is 3. The normalized spacial score (nSPS) is 10.5. The third-order valence-corrected chi connectivity index (χ3v) is 3.72. The van der Waals surface area contributed by atoms with Gasteiger partial charge in [-0.05, 0) is 30.2 Å². The van der Waals surface area contributed by atoms with Crippen LogP contribution in [0.3, 0.4) is 0 Å². The molecular weight excluding hydrogens is 342 g/mol. The van der Waals surface area contributed by atoms with Crippen LogP contribution >= 0.6 is 11.6 Å². The minimum atomic E-state index is -0.266. The molecule has 0 aliphatic carbocycles. The first kappa shape index (κ1) is 18.9. The van der Waals surface area contributed by atoms with Gasteiger partial charge in [0.25, 0.3) is 5.91 Å². The monoisotopic (exact) mass is 363 g/mol. The van der Waals surface area contributed by atoms with Crippen molar-refractivity contribution in [3.8, 4) is 17.2 Å². The summed E-state index contributed by atoms with van der Waals surface area (Å²) >= 11 is 6.07. The summed E-state index contributed by atoms with van der Waals surface area (Å²) in [6.07, 6.45) is 0. The summed E-state index contributed by atoms with van der Waals surface area (Å²) < 4.78 is 16.1. The molecule has 134 valence electrons. The molecule has 2 rings (SSSR count). The molecule has 5 nitrogen and oxygen atoms in total. The third kappa shape index (κ3) is 5.03. The first-order valence-electron chi connectivity index (χ1n) is 7.90. The number of amides is 1. The van der Waals surface area contributed by atoms with Gasteiger partial charge in [0.1, 0.15) is 17.2 Å². The quantitative estimate of drug-likeness (QED) is 0.778. The molecule has 0 fully saturated rings. The van der Waals surface area contributed by atoms with Gasteiger partial charge in [0, 0.05) is 17.7 Å². The Morgan fingerprint density at radius 1 is 1.08 bits per heavy atom. The Kier molecular flexibility index (Phi) is 6.53. The molecular formula is C19H22ClNO4. The van der Waals surface area contributed by atoms with Crippen LogP contribution in [-0.4, -0.2) is 26.7 Å². The predicted octanol–water partition coefficient (Wildman–Crippen LogP) is 4.64. The summed E-state index contributed by atoms with van der Waals surface area (Å²) in [5, 5.41) is 3.21. The van der Waals surface area contributed by atoms with Gasteiger partial charge in [-0.3, -0.25) is 4.79 Å². The maximum atomic E-state index is 12.5. The molecule has 0 atom stereocenters. The maximum absolute atomic E-state index is 12.5. The Bertz CT molecular complexity index is 729. The van der Waals surface area contributed by atoms with Crippen LogP contribution in [-0.2, 0) is 0 Å². The average molecular weight is 364 g/mol. The lowest BCUT2D eigenvalue weighted by Crippen LogP contribution is -2.13. The van der Waals surface area contributed by atoms with Crippen molar-refractivity contribution in [3.05, 3.63) is 47.0 Å². The van der Waals surface area contributed by atoms with E-state index < -0.39 is 0 Å². The highest BCUT2D eigenvalue weighted by Crippen LogP contribution is 2.36. The van der Waals surface area contributed by atoms with E-state index in [1.54, 1.807) is 36.4 Å². The van der Waals surface area contributed by atoms with Crippen molar-refractivity contribution in [2.24, 2.45) is 5.92 Å². The number of carbonyl (C=O) groups is 1. The Morgan fingerprint density at radius 2 is 1.72 bits per heavy atom. The van der Waals surface area contributed by atoms with Crippen molar-refractivity contribution in [1.82, 2.24) is 0 Å². The number of hydrogen-bond acceptors (Lipinski definition) is 4. The number of halogens is 1. The molecule has 6 heteroatoms. The lowest BCUT2D eigenvalue weighted by Gasteiger charge is -2.13. The molecule has 0 aromatic heterocycles. The van der Waals surface area contributed by atoms with Crippen LogP contribution in [0.15, 0.2) is 36.4 Å². The maximum Gasteiger partial charge on any atom is 0.255 e. The molecule has 25 heavy (non-hydrogen) atoms. The van der Waals surface area contributed by atoms with E-state index in [0.29, 0.717) is 40.3 Å². The number of anilines is 1. The Balaban J connectivity index is 2.14. The van der Waals surface area contributed by atoms with Crippen molar-refractivity contribution >= 4 is 23.2 Å². The summed E-state index contributed by atoms with van der Waals surface area (Å²) in [5.74, 6) is 1.82. The lowest BCUT2D eigenvalue weighted by molar-refractivity contribution is 0.102. The van der Waals surface area contributed by atoms with Crippen LogP contribution in [0.1, 0.15) is 24.2 Å². The first-order chi connectivity index (χ1) is 11.9. The molecule has 2 aromatic carbocycles. The molecule has 2 aromatic rings. The van der Waals surface area contributed by atoms with E-state index in [2.05, 4.69) is 19.2 Å². The van der Waals surface area contributed by atoms with E-state index in [-0.39, 0.29) is 5.91 Å². The van der Waals surface area contributed by atoms with E-state index >= 15 is 0 Å². The second-order valence-electron chi connectivity index (χ2n) is 5.87. The van der Waals surface area contributed by atoms with Gasteiger partial charge in [-0.25, -0.2) is 0 Å². The largest absolute Gasteiger partial charge is 0.495 e. The summed E-state index contributed by atoms with van der Waals surface area (Å²) in [6, 6.07) is 10.2. The molecule has 0 unspecified atom stereocenters. The lowest BCUT2D eigenvalue weighted by atomic mass is 10.2. The summed E-state index contributed by atoms with van der Waals surface area (Å²) in [7, 11) is 3.02. The van der Waals surface area contributed by atoms with E-state index in [1.807, 2.05) is 0 Å². The summed E-state index contributed by atoms with van der Waals surface area (Å²) in [4.78, 5) is 12.5. The van der Waals surface area contributed by atoms with Gasteiger partial charge in [0.05, 0.1) is 31.5 Å². The number of carbonyl (C=O) groups excluding carboxylic acids is 1. The van der Waals surface area contributed by atoms with Crippen molar-refractivity contribution in [2.45, 2.75) is 13.8 Å². The van der Waals surface area contributed by atoms with Gasteiger partial charge in [-0.15, -0.1) is 0 Å². The summed E-state index contributed by atoms with van der Waals surface area (Å²) in [5.41, 5.74) is 0.988. The van der Waals surface area contributed by atoms with Gasteiger partial charge in [-0.2, -0.15) is 0 Å². The zero-order valence-electron chi connectivity index (χ0n) is 14.8. The highest BCUT2D eigenvalue weighted by molar-refractivity contribution is 6.32. The second-order valence-corrected chi connectivity index (χ2v) is 6.28. The van der Waals surface area contributed by atoms with Crippen LogP contribution in [0.2, 0.25) is 5.02 Å². The Hall–Kier alpha value is -2.40. The van der Waals surface area contributed by atoms with Crippen molar-refractivity contribution in [1.29, 1.82) is 0 Å². The van der Waals surface area contributed by atoms with Crippen LogP contribution in [0.4, 0.5) is 5.69 Å². The molecule has 0 spiro atoms. The van der Waals surface area contributed by atoms with Crippen LogP contribution in [0.25, 0.3) is 0 Å². The van der Waals surface area contributed by atoms with Gasteiger partial charge >= 0.3 is 0 Å². The van der Waals surface area contributed by atoms with E-state index in [0.717, 1.165) is 5.75 Å². The molecule has 0 bridgehead atoms. The standard InChI is InChI=1S/C19H22ClNO4/c1-12(2)11-25-14-7-5-13(6-8-14)19(22)21-16-10-17(23-3)15(20)9-18(16)24-4/h5-10,12H,11H2,1-4H3,(H,21,22). The molecule has 1 amide bonds. The third-order valence-electron chi connectivity index (χ3n) is 3.42. The van der Waals surface area contributed by atoms with Crippen LogP contribution < -0.4 is 19.5 Å². The van der Waals surface area contributed by atoms with Crippen molar-refractivity contribution < 1.29 is 19.0 Å². The van der Waals surface area contributed by atoms with E-state index in [1.165, 1.54) is 14.2 Å². The highest BCUT2D eigenvalue weighted by atomic mass is 35.5. The number of hydrogen-bond donors (Lipinski definition) is 1. The predicted molar refractivity (Wildman–Crippen MR) is 99.3 cm³/mol. The average Bonchev–Trinajstić information content (AvgIpc) is 2.61. The molecule has 0 radical (unpaired) electrons. The highest BCUT2D eigenvalue weighted by Gasteiger charge is 2.14. The van der Waals surface area contributed by atoms with Crippen LogP contribution in [0, 0.1) is 5.92 Å². The van der Waals surface area contributed by atoms with Gasteiger partial charge in [0.15, 0.2) is 0 Å². The van der Waals surface area contributed by atoms with Gasteiger partial charge < -0.3 is 19.5 Å². The number of rotatable bonds is 7. The molecule has 0 saturated carbocycles. The zero-order chi connectivity index (χ0) is 18.4. The minimum absolute atomic E-state index is 0.266. The number of nitrogens with one attached hydrogen (secondary N) is 1. The van der Waals surface area contributed by atoms with E-state index in [9.17, 15) is 4.79 Å². The SMILES string of the molecule is COc1cc(NC(=O)c2ccc(OCC(C)C)cc2)c(OC)cc1Cl. The topological polar surface area (TPSA) is 56.8 Å². The van der Waals surface area contributed by atoms with Gasteiger partial charge in [-0.1, -0.05) is 25.4 Å². The molecule has 0 aliphatic heterocycles. The van der Waals surface area contributed by atoms with Gasteiger partial charge in [0.2, 0.25) is 0 Å². The zero-order valence-corrected chi connectivity index (χ0v) is 15.5. The summed E-state index contributed by atoms with van der Waals surface area (Å²) in [6.45, 7) is 4.79. The molecule has 1 N–H and O–H groups in total. The minimum Gasteiger partial charge on any atom is -0.495 e. The van der Waals surface area contributed by atoms with E-state index in [4.69, 9.17) is 25.8 Å². The molecule has 0 heterocycles. The second kappa shape index (κ2) is 8.62. The fraction of sp³-hybridized carbons (Fsp3) is 0.316. The fourth-order valence-corrected chi connectivity index (χ4v) is 2.35. The fourth-order valence-electron chi connectivity index (χ4n) is 2.12. The van der Waals surface area contributed by atoms with Crippen LogP contribution in [0.5, 0.6) is 17.2 Å².